The van der Waals surface area contributed by atoms with E-state index in [9.17, 15) is 13.2 Å². The van der Waals surface area contributed by atoms with Crippen LogP contribution in [0.5, 0.6) is 0 Å². The number of fused-ring (bicyclic) bond motifs is 1. The molecule has 0 spiro atoms. The van der Waals surface area contributed by atoms with Gasteiger partial charge in [-0.3, -0.25) is 4.68 Å². The van der Waals surface area contributed by atoms with Crippen LogP contribution in [0.2, 0.25) is 0 Å². The summed E-state index contributed by atoms with van der Waals surface area (Å²) in [6, 6.07) is 4.85. The van der Waals surface area contributed by atoms with Crippen molar-refractivity contribution in [1.82, 2.24) is 29.6 Å². The molecule has 0 saturated carbocycles. The summed E-state index contributed by atoms with van der Waals surface area (Å²) < 4.78 is 40.9. The van der Waals surface area contributed by atoms with E-state index < -0.39 is 12.0 Å². The molecule has 3 heterocycles. The largest absolute Gasteiger partial charge is 0.453 e. The fraction of sp³-hybridized carbons (Fsp3) is 0.385. The van der Waals surface area contributed by atoms with E-state index in [1.165, 1.54) is 6.07 Å². The number of nitrogens with zero attached hydrogens (tertiary/aromatic N) is 6. The summed E-state index contributed by atoms with van der Waals surface area (Å²) in [5.41, 5.74) is 0.0486. The Morgan fingerprint density at radius 3 is 2.78 bits per heavy atom. The van der Waals surface area contributed by atoms with Gasteiger partial charge in [0.15, 0.2) is 5.65 Å². The Morgan fingerprint density at radius 1 is 1.26 bits per heavy atom. The Morgan fingerprint density at radius 2 is 2.09 bits per heavy atom. The molecule has 3 aromatic rings. The molecule has 0 bridgehead atoms. The molecule has 23 heavy (non-hydrogen) atoms. The van der Waals surface area contributed by atoms with Crippen molar-refractivity contribution in [3.63, 3.8) is 0 Å². The Hall–Kier alpha value is -2.65. The highest BCUT2D eigenvalue weighted by Gasteiger charge is 2.37. The van der Waals surface area contributed by atoms with Crippen LogP contribution in [0.4, 0.5) is 19.0 Å². The van der Waals surface area contributed by atoms with Gasteiger partial charge in [0.25, 0.3) is 5.82 Å². The average molecular weight is 325 g/mol. The first-order valence-electron chi connectivity index (χ1n) is 6.94. The van der Waals surface area contributed by atoms with Gasteiger partial charge >= 0.3 is 6.18 Å². The first-order chi connectivity index (χ1) is 10.9. The topological polar surface area (TPSA) is 72.9 Å². The molecule has 1 N–H and O–H groups in total. The summed E-state index contributed by atoms with van der Waals surface area (Å²) in [5.74, 6) is -0.591. The highest BCUT2D eigenvalue weighted by molar-refractivity contribution is 5.44. The van der Waals surface area contributed by atoms with Crippen LogP contribution < -0.4 is 5.32 Å². The third-order valence-electron chi connectivity index (χ3n) is 3.21. The number of aromatic nitrogens is 6. The molecule has 0 aliphatic heterocycles. The summed E-state index contributed by atoms with van der Waals surface area (Å²) in [4.78, 5) is 0. The maximum Gasteiger partial charge on any atom is 0.453 e. The molecule has 1 atom stereocenters. The number of alkyl halides is 3. The van der Waals surface area contributed by atoms with Gasteiger partial charge in [-0.1, -0.05) is 6.92 Å². The Balaban J connectivity index is 1.70. The molecule has 3 aromatic heterocycles. The molecule has 0 fully saturated rings. The van der Waals surface area contributed by atoms with E-state index in [0.717, 1.165) is 0 Å². The van der Waals surface area contributed by atoms with Gasteiger partial charge in [0.05, 0.1) is 0 Å². The van der Waals surface area contributed by atoms with Gasteiger partial charge in [-0.2, -0.15) is 22.8 Å². The fourth-order valence-electron chi connectivity index (χ4n) is 2.13. The molecule has 0 radical (unpaired) electrons. The van der Waals surface area contributed by atoms with Gasteiger partial charge < -0.3 is 5.32 Å². The second kappa shape index (κ2) is 5.86. The standard InChI is InChI=1S/C13H14F3N7/c1-9(8-22-6-2-5-18-22)7-17-10-3-4-11-19-20-12(13(14,15)16)23(11)21-10/h2-6,9H,7-8H2,1H3,(H,17,21). The Bertz CT molecular complexity index is 779. The lowest BCUT2D eigenvalue weighted by molar-refractivity contribution is -0.146. The monoisotopic (exact) mass is 325 g/mol. The molecule has 0 saturated heterocycles. The summed E-state index contributed by atoms with van der Waals surface area (Å²) in [7, 11) is 0. The quantitative estimate of drug-likeness (QED) is 0.777. The lowest BCUT2D eigenvalue weighted by Gasteiger charge is -2.13. The van der Waals surface area contributed by atoms with Gasteiger partial charge in [-0.15, -0.1) is 15.3 Å². The van der Waals surface area contributed by atoms with Crippen LogP contribution in [0.25, 0.3) is 5.65 Å². The second-order valence-electron chi connectivity index (χ2n) is 5.22. The summed E-state index contributed by atoms with van der Waals surface area (Å²) >= 11 is 0. The van der Waals surface area contributed by atoms with Gasteiger partial charge in [0.2, 0.25) is 0 Å². The maximum atomic E-state index is 12.8. The third-order valence-corrected chi connectivity index (χ3v) is 3.21. The lowest BCUT2D eigenvalue weighted by atomic mass is 10.2. The molecule has 0 amide bonds. The maximum absolute atomic E-state index is 12.8. The van der Waals surface area contributed by atoms with Gasteiger partial charge in [-0.25, -0.2) is 0 Å². The van der Waals surface area contributed by atoms with Crippen molar-refractivity contribution < 1.29 is 13.2 Å². The average Bonchev–Trinajstić information content (AvgIpc) is 3.12. The van der Waals surface area contributed by atoms with Crippen molar-refractivity contribution in [3.05, 3.63) is 36.4 Å². The smallest absolute Gasteiger partial charge is 0.368 e. The minimum atomic E-state index is -4.60. The Labute approximate surface area is 129 Å². The fourth-order valence-corrected chi connectivity index (χ4v) is 2.13. The minimum Gasteiger partial charge on any atom is -0.368 e. The SMILES string of the molecule is CC(CNc1ccc2nnc(C(F)(F)F)n2n1)Cn1cccn1. The molecule has 7 nitrogen and oxygen atoms in total. The van der Waals surface area contributed by atoms with E-state index >= 15 is 0 Å². The normalized spacial score (nSPS) is 13.4. The van der Waals surface area contributed by atoms with E-state index in [4.69, 9.17) is 0 Å². The van der Waals surface area contributed by atoms with Gasteiger partial charge in [0, 0.05) is 25.5 Å². The van der Waals surface area contributed by atoms with Crippen LogP contribution in [0.3, 0.4) is 0 Å². The van der Waals surface area contributed by atoms with E-state index in [1.807, 2.05) is 19.2 Å². The Kier molecular flexibility index (Phi) is 3.89. The van der Waals surface area contributed by atoms with Crippen molar-refractivity contribution in [2.45, 2.75) is 19.6 Å². The summed E-state index contributed by atoms with van der Waals surface area (Å²) in [6.07, 6.45) is -1.05. The summed E-state index contributed by atoms with van der Waals surface area (Å²) in [6.45, 7) is 3.25. The second-order valence-corrected chi connectivity index (χ2v) is 5.22. The summed E-state index contributed by atoms with van der Waals surface area (Å²) in [5, 5.41) is 17.6. The number of hydrogen-bond donors (Lipinski definition) is 1. The first-order valence-corrected chi connectivity index (χ1v) is 6.94. The van der Waals surface area contributed by atoms with Crippen LogP contribution in [0.1, 0.15) is 12.7 Å². The van der Waals surface area contributed by atoms with E-state index in [-0.39, 0.29) is 11.6 Å². The zero-order valence-electron chi connectivity index (χ0n) is 12.2. The van der Waals surface area contributed by atoms with Crippen molar-refractivity contribution in [1.29, 1.82) is 0 Å². The predicted molar refractivity (Wildman–Crippen MR) is 75.7 cm³/mol. The zero-order chi connectivity index (χ0) is 16.4. The highest BCUT2D eigenvalue weighted by atomic mass is 19.4. The highest BCUT2D eigenvalue weighted by Crippen LogP contribution is 2.27. The molecule has 1 unspecified atom stereocenters. The van der Waals surface area contributed by atoms with Crippen LogP contribution >= 0.6 is 0 Å². The van der Waals surface area contributed by atoms with Crippen LogP contribution in [0, 0.1) is 5.92 Å². The van der Waals surface area contributed by atoms with Gasteiger partial charge in [-0.05, 0) is 24.1 Å². The molecule has 122 valence electrons. The minimum absolute atomic E-state index is 0.0486. The first kappa shape index (κ1) is 15.3. The lowest BCUT2D eigenvalue weighted by Crippen LogP contribution is -2.19. The molecule has 10 heteroatoms. The van der Waals surface area contributed by atoms with Crippen molar-refractivity contribution in [3.8, 4) is 0 Å². The van der Waals surface area contributed by atoms with Gasteiger partial charge in [0.1, 0.15) is 5.82 Å². The van der Waals surface area contributed by atoms with Crippen LogP contribution in [-0.4, -0.2) is 36.1 Å². The molecule has 3 rings (SSSR count). The molecular formula is C13H14F3N7. The van der Waals surface area contributed by atoms with Crippen LogP contribution in [0.15, 0.2) is 30.6 Å². The number of rotatable bonds is 5. The molecule has 0 aromatic carbocycles. The predicted octanol–water partition coefficient (Wildman–Crippen LogP) is 2.09. The van der Waals surface area contributed by atoms with Crippen LogP contribution in [-0.2, 0) is 12.7 Å². The number of halogens is 3. The van der Waals surface area contributed by atoms with Crippen molar-refractivity contribution in [2.75, 3.05) is 11.9 Å². The molecule has 0 aliphatic rings. The van der Waals surface area contributed by atoms with E-state index in [1.54, 1.807) is 16.9 Å². The van der Waals surface area contributed by atoms with Crippen molar-refractivity contribution >= 4 is 11.5 Å². The molecular weight excluding hydrogens is 311 g/mol. The number of nitrogens with one attached hydrogen (secondary N) is 1. The zero-order valence-corrected chi connectivity index (χ0v) is 12.2. The van der Waals surface area contributed by atoms with E-state index in [0.29, 0.717) is 23.4 Å². The van der Waals surface area contributed by atoms with E-state index in [2.05, 4.69) is 25.7 Å². The number of anilines is 1. The number of hydrogen-bond acceptors (Lipinski definition) is 5. The molecule has 0 aliphatic carbocycles. The third kappa shape index (κ3) is 3.41. The van der Waals surface area contributed by atoms with Crippen molar-refractivity contribution in [2.24, 2.45) is 5.92 Å².